The first kappa shape index (κ1) is 25.3. The first-order valence-corrected chi connectivity index (χ1v) is 12.4. The minimum atomic E-state index is -0.448. The monoisotopic (exact) mass is 483 g/mol. The van der Waals surface area contributed by atoms with Crippen molar-refractivity contribution >= 4 is 5.91 Å². The number of carbonyl (C=O) groups excluding carboxylic acids is 1. The van der Waals surface area contributed by atoms with Gasteiger partial charge in [-0.2, -0.15) is 0 Å². The van der Waals surface area contributed by atoms with E-state index >= 15 is 0 Å². The van der Waals surface area contributed by atoms with Crippen LogP contribution in [0.1, 0.15) is 55.5 Å². The molecule has 0 spiro atoms. The fraction of sp³-hybridized carbons (Fsp3) is 0.519. The lowest BCUT2D eigenvalue weighted by molar-refractivity contribution is -0.130. The van der Waals surface area contributed by atoms with E-state index in [1.54, 1.807) is 13.2 Å². The van der Waals surface area contributed by atoms with Gasteiger partial charge >= 0.3 is 0 Å². The molecule has 35 heavy (non-hydrogen) atoms. The van der Waals surface area contributed by atoms with E-state index in [0.29, 0.717) is 37.0 Å². The van der Waals surface area contributed by atoms with Crippen LogP contribution in [0.15, 0.2) is 36.4 Å². The van der Waals surface area contributed by atoms with Crippen LogP contribution < -0.4 is 20.3 Å². The van der Waals surface area contributed by atoms with E-state index in [1.165, 1.54) is 0 Å². The Bertz CT molecular complexity index is 1040. The molecule has 0 aromatic heterocycles. The van der Waals surface area contributed by atoms with Crippen LogP contribution in [0.3, 0.4) is 0 Å². The second-order valence-electron chi connectivity index (χ2n) is 9.88. The van der Waals surface area contributed by atoms with E-state index in [9.17, 15) is 15.0 Å². The summed E-state index contributed by atoms with van der Waals surface area (Å²) in [5.41, 5.74) is 9.16. The maximum Gasteiger partial charge on any atom is 0.242 e. The number of aryl methyl sites for hydroxylation is 1. The van der Waals surface area contributed by atoms with Crippen molar-refractivity contribution in [2.75, 3.05) is 26.9 Å². The molecule has 0 aliphatic carbocycles. The summed E-state index contributed by atoms with van der Waals surface area (Å²) in [7, 11) is 1.62. The molecule has 8 nitrogen and oxygen atoms in total. The van der Waals surface area contributed by atoms with Crippen molar-refractivity contribution in [3.05, 3.63) is 53.1 Å². The van der Waals surface area contributed by atoms with Crippen molar-refractivity contribution in [1.82, 2.24) is 15.8 Å². The van der Waals surface area contributed by atoms with Gasteiger partial charge in [0.05, 0.1) is 25.8 Å². The van der Waals surface area contributed by atoms with Gasteiger partial charge in [-0.3, -0.25) is 4.79 Å². The van der Waals surface area contributed by atoms with E-state index in [1.807, 2.05) is 42.2 Å². The van der Waals surface area contributed by atoms with Crippen LogP contribution in [0.25, 0.3) is 0 Å². The first-order chi connectivity index (χ1) is 16.8. The van der Waals surface area contributed by atoms with E-state index in [4.69, 9.17) is 9.47 Å². The SMILES string of the molecule is COc1cc(C2C3C(NNC3c3cc(C)ccc3O)C(=O)N2CCCO)ccc1OCCC(C)C. The zero-order valence-corrected chi connectivity index (χ0v) is 21.0. The molecule has 4 atom stereocenters. The van der Waals surface area contributed by atoms with Crippen LogP contribution in [0.5, 0.6) is 17.2 Å². The third-order valence-electron chi connectivity index (χ3n) is 6.97. The molecular formula is C27H37N3O5. The number of benzene rings is 2. The third-order valence-corrected chi connectivity index (χ3v) is 6.97. The Morgan fingerprint density at radius 2 is 1.86 bits per heavy atom. The second-order valence-corrected chi connectivity index (χ2v) is 9.88. The molecule has 190 valence electrons. The van der Waals surface area contributed by atoms with Crippen molar-refractivity contribution in [3.63, 3.8) is 0 Å². The normalized spacial score (nSPS) is 23.7. The standard InChI is InChI=1S/C27H37N3O5/c1-16(2)10-13-35-21-9-7-18(15-22(21)34-4)26-23-24(19-14-17(3)6-8-20(19)32)28-29-25(23)27(33)30(26)11-5-12-31/h6-9,14-16,23-26,28-29,31-32H,5,10-13H2,1-4H3. The van der Waals surface area contributed by atoms with Crippen LogP contribution in [-0.4, -0.2) is 53.9 Å². The Morgan fingerprint density at radius 1 is 1.09 bits per heavy atom. The van der Waals surface area contributed by atoms with Crippen LogP contribution in [0, 0.1) is 18.8 Å². The molecule has 0 radical (unpaired) electrons. The number of hydrazine groups is 1. The number of amides is 1. The summed E-state index contributed by atoms with van der Waals surface area (Å²) < 4.78 is 11.6. The fourth-order valence-corrected chi connectivity index (χ4v) is 5.17. The second kappa shape index (κ2) is 10.8. The number of fused-ring (bicyclic) bond motifs is 1. The number of likely N-dealkylation sites (tertiary alicyclic amines) is 1. The van der Waals surface area contributed by atoms with Crippen molar-refractivity contribution < 1.29 is 24.5 Å². The summed E-state index contributed by atoms with van der Waals surface area (Å²) in [6, 6.07) is 10.4. The molecule has 4 N–H and O–H groups in total. The molecule has 2 aliphatic rings. The number of hydrogen-bond acceptors (Lipinski definition) is 7. The summed E-state index contributed by atoms with van der Waals surface area (Å²) in [6.07, 6.45) is 1.43. The molecular weight excluding hydrogens is 446 g/mol. The largest absolute Gasteiger partial charge is 0.508 e. The van der Waals surface area contributed by atoms with Crippen molar-refractivity contribution in [2.45, 2.75) is 51.7 Å². The van der Waals surface area contributed by atoms with Gasteiger partial charge in [-0.05, 0) is 49.4 Å². The number of phenolic OH excluding ortho intramolecular Hbond substituents is 1. The average Bonchev–Trinajstić information content (AvgIpc) is 3.38. The zero-order valence-electron chi connectivity index (χ0n) is 21.0. The fourth-order valence-electron chi connectivity index (χ4n) is 5.17. The number of nitrogens with one attached hydrogen (secondary N) is 2. The molecule has 8 heteroatoms. The van der Waals surface area contributed by atoms with Crippen LogP contribution in [0.2, 0.25) is 0 Å². The van der Waals surface area contributed by atoms with Gasteiger partial charge in [0, 0.05) is 24.6 Å². The number of aliphatic hydroxyl groups is 1. The summed E-state index contributed by atoms with van der Waals surface area (Å²) >= 11 is 0. The Labute approximate surface area is 207 Å². The van der Waals surface area contributed by atoms with Gasteiger partial charge < -0.3 is 24.6 Å². The highest BCUT2D eigenvalue weighted by atomic mass is 16.5. The molecule has 1 amide bonds. The molecule has 2 aromatic rings. The maximum atomic E-state index is 13.5. The number of phenols is 1. The number of rotatable bonds is 10. The highest BCUT2D eigenvalue weighted by molar-refractivity contribution is 5.86. The molecule has 2 fully saturated rings. The summed E-state index contributed by atoms with van der Waals surface area (Å²) in [5.74, 6) is 1.84. The Morgan fingerprint density at radius 3 is 2.57 bits per heavy atom. The Hall–Kier alpha value is -2.81. The lowest BCUT2D eigenvalue weighted by Gasteiger charge is -2.32. The predicted octanol–water partition coefficient (Wildman–Crippen LogP) is 3.23. The topological polar surface area (TPSA) is 103 Å². The van der Waals surface area contributed by atoms with Gasteiger partial charge in [0.15, 0.2) is 11.5 Å². The number of aliphatic hydroxyl groups excluding tert-OH is 1. The minimum absolute atomic E-state index is 0.00551. The summed E-state index contributed by atoms with van der Waals surface area (Å²) in [5, 5.41) is 20.1. The molecule has 4 rings (SSSR count). The number of carbonyl (C=O) groups is 1. The van der Waals surface area contributed by atoms with E-state index in [2.05, 4.69) is 24.7 Å². The van der Waals surface area contributed by atoms with Gasteiger partial charge in [-0.1, -0.05) is 37.6 Å². The maximum absolute atomic E-state index is 13.5. The molecule has 4 unspecified atom stereocenters. The number of aromatic hydroxyl groups is 1. The van der Waals surface area contributed by atoms with Gasteiger partial charge in [0.1, 0.15) is 11.8 Å². The van der Waals surface area contributed by atoms with E-state index in [-0.39, 0.29) is 36.3 Å². The number of hydrogen-bond donors (Lipinski definition) is 4. The molecule has 0 saturated carbocycles. The van der Waals surface area contributed by atoms with Gasteiger partial charge in [-0.25, -0.2) is 10.9 Å². The first-order valence-electron chi connectivity index (χ1n) is 12.4. The molecule has 0 bridgehead atoms. The predicted molar refractivity (Wildman–Crippen MR) is 133 cm³/mol. The Kier molecular flexibility index (Phi) is 7.84. The third kappa shape index (κ3) is 5.10. The average molecular weight is 484 g/mol. The quantitative estimate of drug-likeness (QED) is 0.411. The number of methoxy groups -OCH3 is 1. The minimum Gasteiger partial charge on any atom is -0.508 e. The van der Waals surface area contributed by atoms with Crippen molar-refractivity contribution in [1.29, 1.82) is 0 Å². The lowest BCUT2D eigenvalue weighted by atomic mass is 9.82. The highest BCUT2D eigenvalue weighted by Gasteiger charge is 2.55. The lowest BCUT2D eigenvalue weighted by Crippen LogP contribution is -2.41. The highest BCUT2D eigenvalue weighted by Crippen LogP contribution is 2.49. The molecule has 2 aliphatic heterocycles. The molecule has 2 saturated heterocycles. The molecule has 2 aromatic carbocycles. The van der Waals surface area contributed by atoms with Crippen LogP contribution in [0.4, 0.5) is 0 Å². The van der Waals surface area contributed by atoms with Crippen molar-refractivity contribution in [2.24, 2.45) is 11.8 Å². The Balaban J connectivity index is 1.71. The molecule has 2 heterocycles. The van der Waals surface area contributed by atoms with Crippen LogP contribution >= 0.6 is 0 Å². The van der Waals surface area contributed by atoms with Crippen LogP contribution in [-0.2, 0) is 4.79 Å². The number of ether oxygens (including phenoxy) is 2. The van der Waals surface area contributed by atoms with Crippen molar-refractivity contribution in [3.8, 4) is 17.2 Å². The van der Waals surface area contributed by atoms with Gasteiger partial charge in [0.25, 0.3) is 0 Å². The smallest absolute Gasteiger partial charge is 0.242 e. The van der Waals surface area contributed by atoms with E-state index < -0.39 is 6.04 Å². The summed E-state index contributed by atoms with van der Waals surface area (Å²) in [6.45, 7) is 7.35. The van der Waals surface area contributed by atoms with E-state index in [0.717, 1.165) is 23.1 Å². The van der Waals surface area contributed by atoms with Gasteiger partial charge in [-0.15, -0.1) is 0 Å². The van der Waals surface area contributed by atoms with Gasteiger partial charge in [0.2, 0.25) is 5.91 Å². The zero-order chi connectivity index (χ0) is 25.1. The number of nitrogens with zero attached hydrogens (tertiary/aromatic N) is 1. The summed E-state index contributed by atoms with van der Waals surface area (Å²) in [4.78, 5) is 15.3.